The molecule has 0 fully saturated rings. The average molecular weight is 292 g/mol. The summed E-state index contributed by atoms with van der Waals surface area (Å²) in [7, 11) is 1.85. The minimum absolute atomic E-state index is 0.267. The third-order valence-electron chi connectivity index (χ3n) is 2.80. The minimum atomic E-state index is -0.267. The van der Waals surface area contributed by atoms with E-state index >= 15 is 0 Å². The number of nitrogens with zero attached hydrogens (tertiary/aromatic N) is 1. The van der Waals surface area contributed by atoms with Gasteiger partial charge in [-0.25, -0.2) is 4.39 Å². The fraction of sp³-hybridized carbons (Fsp3) is 0.133. The van der Waals surface area contributed by atoms with Gasteiger partial charge < -0.3 is 10.2 Å². The van der Waals surface area contributed by atoms with Crippen molar-refractivity contribution in [2.75, 3.05) is 23.8 Å². The third-order valence-corrected chi connectivity index (χ3v) is 3.05. The molecule has 0 radical (unpaired) electrons. The summed E-state index contributed by atoms with van der Waals surface area (Å²) in [6.45, 7) is 0.397. The Labute approximate surface area is 122 Å². The number of anilines is 2. The van der Waals surface area contributed by atoms with Crippen molar-refractivity contribution in [3.8, 4) is 0 Å². The van der Waals surface area contributed by atoms with Crippen LogP contribution in [0.15, 0.2) is 48.5 Å². The second-order valence-corrected chi connectivity index (χ2v) is 4.88. The summed E-state index contributed by atoms with van der Waals surface area (Å²) in [6.07, 6.45) is 0. The maximum atomic E-state index is 12.8. The Balaban J connectivity index is 1.93. The smallest absolute Gasteiger partial charge is 0.123 e. The molecule has 0 aromatic heterocycles. The van der Waals surface area contributed by atoms with Crippen LogP contribution in [-0.4, -0.2) is 19.4 Å². The maximum absolute atomic E-state index is 12.8. The molecule has 2 aromatic carbocycles. The molecule has 20 heavy (non-hydrogen) atoms. The Bertz CT molecular complexity index is 581. The van der Waals surface area contributed by atoms with Crippen molar-refractivity contribution in [3.63, 3.8) is 0 Å². The zero-order valence-electron chi connectivity index (χ0n) is 11.0. The molecular weight excluding hydrogens is 277 g/mol. The SMILES string of the molecule is CN(CC(=N)Nc1ccc(Cl)cc1)c1ccc(F)cc1. The molecule has 5 heteroatoms. The Morgan fingerprint density at radius 2 is 1.75 bits per heavy atom. The van der Waals surface area contributed by atoms with E-state index in [1.807, 2.05) is 24.1 Å². The highest BCUT2D eigenvalue weighted by Gasteiger charge is 2.05. The van der Waals surface area contributed by atoms with E-state index in [4.69, 9.17) is 17.0 Å². The Kier molecular flexibility index (Phi) is 4.58. The molecular formula is C15H15ClFN3. The fourth-order valence-corrected chi connectivity index (χ4v) is 1.90. The summed E-state index contributed by atoms with van der Waals surface area (Å²) in [5.41, 5.74) is 1.67. The molecule has 0 aliphatic carbocycles. The lowest BCUT2D eigenvalue weighted by Gasteiger charge is -2.20. The van der Waals surface area contributed by atoms with Crippen molar-refractivity contribution in [1.82, 2.24) is 0 Å². The lowest BCUT2D eigenvalue weighted by Crippen LogP contribution is -2.29. The molecule has 2 rings (SSSR count). The van der Waals surface area contributed by atoms with Gasteiger partial charge in [-0.2, -0.15) is 0 Å². The first-order chi connectivity index (χ1) is 9.54. The van der Waals surface area contributed by atoms with Gasteiger partial charge in [0.2, 0.25) is 0 Å². The number of halogens is 2. The van der Waals surface area contributed by atoms with Crippen molar-refractivity contribution in [2.45, 2.75) is 0 Å². The second-order valence-electron chi connectivity index (χ2n) is 4.44. The van der Waals surface area contributed by atoms with Gasteiger partial charge in [0.1, 0.15) is 11.7 Å². The van der Waals surface area contributed by atoms with E-state index in [0.29, 0.717) is 17.4 Å². The maximum Gasteiger partial charge on any atom is 0.123 e. The molecule has 0 aliphatic heterocycles. The summed E-state index contributed by atoms with van der Waals surface area (Å²) >= 11 is 5.81. The van der Waals surface area contributed by atoms with E-state index in [0.717, 1.165) is 11.4 Å². The molecule has 0 aliphatic rings. The molecule has 0 bridgehead atoms. The largest absolute Gasteiger partial charge is 0.367 e. The average Bonchev–Trinajstić information content (AvgIpc) is 2.42. The molecule has 104 valence electrons. The first-order valence-corrected chi connectivity index (χ1v) is 6.49. The molecule has 3 nitrogen and oxygen atoms in total. The number of nitrogens with one attached hydrogen (secondary N) is 2. The van der Waals surface area contributed by atoms with Gasteiger partial charge in [-0.15, -0.1) is 0 Å². The molecule has 2 aromatic rings. The number of hydrogen-bond acceptors (Lipinski definition) is 2. The predicted octanol–water partition coefficient (Wildman–Crippen LogP) is 4.00. The summed E-state index contributed by atoms with van der Waals surface area (Å²) in [4.78, 5) is 1.87. The monoisotopic (exact) mass is 291 g/mol. The summed E-state index contributed by atoms with van der Waals surface area (Å²) in [6, 6.07) is 13.3. The standard InChI is InChI=1S/C15H15ClFN3/c1-20(14-8-4-12(17)5-9-14)10-15(18)19-13-6-2-11(16)3-7-13/h2-9H,10H2,1H3,(H2,18,19). The molecule has 0 spiro atoms. The number of amidine groups is 1. The molecule has 0 saturated heterocycles. The van der Waals surface area contributed by atoms with Gasteiger partial charge in [0.25, 0.3) is 0 Å². The van der Waals surface area contributed by atoms with Crippen molar-refractivity contribution in [3.05, 3.63) is 59.4 Å². The van der Waals surface area contributed by atoms with Crippen LogP contribution in [0.2, 0.25) is 5.02 Å². The molecule has 0 atom stereocenters. The number of benzene rings is 2. The lowest BCUT2D eigenvalue weighted by atomic mass is 10.3. The zero-order chi connectivity index (χ0) is 14.5. The van der Waals surface area contributed by atoms with E-state index < -0.39 is 0 Å². The normalized spacial score (nSPS) is 10.2. The van der Waals surface area contributed by atoms with Gasteiger partial charge in [0.15, 0.2) is 0 Å². The highest BCUT2D eigenvalue weighted by Crippen LogP contribution is 2.15. The lowest BCUT2D eigenvalue weighted by molar-refractivity contribution is 0.628. The summed E-state index contributed by atoms with van der Waals surface area (Å²) in [5, 5.41) is 11.6. The molecule has 0 unspecified atom stereocenters. The van der Waals surface area contributed by atoms with Crippen molar-refractivity contribution in [2.24, 2.45) is 0 Å². The summed E-state index contributed by atoms with van der Waals surface area (Å²) in [5.74, 6) is 0.0793. The van der Waals surface area contributed by atoms with E-state index in [1.165, 1.54) is 12.1 Å². The number of likely N-dealkylation sites (N-methyl/N-ethyl adjacent to an activating group) is 1. The van der Waals surface area contributed by atoms with Crippen LogP contribution in [0.1, 0.15) is 0 Å². The highest BCUT2D eigenvalue weighted by atomic mass is 35.5. The molecule has 0 amide bonds. The van der Waals surface area contributed by atoms with Gasteiger partial charge in [0, 0.05) is 23.4 Å². The molecule has 0 saturated carbocycles. The predicted molar refractivity (Wildman–Crippen MR) is 82.5 cm³/mol. The Morgan fingerprint density at radius 1 is 1.15 bits per heavy atom. The number of rotatable bonds is 4. The van der Waals surface area contributed by atoms with Crippen LogP contribution in [0.4, 0.5) is 15.8 Å². The van der Waals surface area contributed by atoms with Gasteiger partial charge >= 0.3 is 0 Å². The van der Waals surface area contributed by atoms with E-state index in [-0.39, 0.29) is 5.82 Å². The van der Waals surface area contributed by atoms with Crippen LogP contribution in [-0.2, 0) is 0 Å². The van der Waals surface area contributed by atoms with Gasteiger partial charge in [-0.05, 0) is 48.5 Å². The first-order valence-electron chi connectivity index (χ1n) is 6.11. The van der Waals surface area contributed by atoms with Gasteiger partial charge in [0.05, 0.1) is 6.54 Å². The Morgan fingerprint density at radius 3 is 2.35 bits per heavy atom. The van der Waals surface area contributed by atoms with E-state index in [9.17, 15) is 4.39 Å². The van der Waals surface area contributed by atoms with Gasteiger partial charge in [-0.1, -0.05) is 11.6 Å². The number of hydrogen-bond donors (Lipinski definition) is 2. The van der Waals surface area contributed by atoms with Crippen LogP contribution in [0.25, 0.3) is 0 Å². The summed E-state index contributed by atoms with van der Waals surface area (Å²) < 4.78 is 12.8. The van der Waals surface area contributed by atoms with Gasteiger partial charge in [-0.3, -0.25) is 5.41 Å². The Hall–Kier alpha value is -2.07. The van der Waals surface area contributed by atoms with Crippen LogP contribution in [0.5, 0.6) is 0 Å². The van der Waals surface area contributed by atoms with Crippen molar-refractivity contribution in [1.29, 1.82) is 5.41 Å². The molecule has 0 heterocycles. The second kappa shape index (κ2) is 6.39. The molecule has 2 N–H and O–H groups in total. The van der Waals surface area contributed by atoms with Crippen molar-refractivity contribution >= 4 is 28.8 Å². The van der Waals surface area contributed by atoms with Crippen LogP contribution in [0, 0.1) is 11.2 Å². The fourth-order valence-electron chi connectivity index (χ4n) is 1.77. The topological polar surface area (TPSA) is 39.1 Å². The third kappa shape index (κ3) is 3.96. The van der Waals surface area contributed by atoms with Crippen LogP contribution in [0.3, 0.4) is 0 Å². The van der Waals surface area contributed by atoms with E-state index in [2.05, 4.69) is 5.32 Å². The quantitative estimate of drug-likeness (QED) is 0.660. The van der Waals surface area contributed by atoms with Crippen LogP contribution >= 0.6 is 11.6 Å². The first kappa shape index (κ1) is 14.3. The van der Waals surface area contributed by atoms with E-state index in [1.54, 1.807) is 24.3 Å². The minimum Gasteiger partial charge on any atom is -0.367 e. The highest BCUT2D eigenvalue weighted by molar-refractivity contribution is 6.30. The van der Waals surface area contributed by atoms with Crippen LogP contribution < -0.4 is 10.2 Å². The van der Waals surface area contributed by atoms with Crippen molar-refractivity contribution < 1.29 is 4.39 Å². The zero-order valence-corrected chi connectivity index (χ0v) is 11.8.